The molecule has 0 saturated heterocycles. The molecule has 8 heteroatoms. The van der Waals surface area contributed by atoms with Crippen LogP contribution in [0, 0.1) is 0 Å². The average molecular weight is 407 g/mol. The molecule has 0 saturated carbocycles. The molecule has 7 nitrogen and oxygen atoms in total. The molecule has 29 heavy (non-hydrogen) atoms. The number of hydrogen-bond acceptors (Lipinski definition) is 6. The molecule has 1 amide bonds. The van der Waals surface area contributed by atoms with E-state index >= 15 is 0 Å². The van der Waals surface area contributed by atoms with Crippen LogP contribution in [0.3, 0.4) is 0 Å². The van der Waals surface area contributed by atoms with Crippen LogP contribution in [0.4, 0.5) is 10.8 Å². The smallest absolute Gasteiger partial charge is 0.253 e. The van der Waals surface area contributed by atoms with Crippen molar-refractivity contribution >= 4 is 33.0 Å². The topological polar surface area (TPSA) is 63.0 Å². The number of hydrogen-bond donors (Lipinski definition) is 0. The van der Waals surface area contributed by atoms with E-state index in [0.717, 1.165) is 32.8 Å². The first-order valence-electron chi connectivity index (χ1n) is 9.02. The molecular formula is C21H21N5O2S. The number of nitrogens with zero attached hydrogens (tertiary/aromatic N) is 5. The summed E-state index contributed by atoms with van der Waals surface area (Å²) in [5, 5.41) is 5.57. The van der Waals surface area contributed by atoms with Crippen LogP contribution in [0.1, 0.15) is 10.4 Å². The molecule has 0 aliphatic rings. The second kappa shape index (κ2) is 7.56. The number of aromatic nitrogens is 3. The molecule has 0 radical (unpaired) electrons. The summed E-state index contributed by atoms with van der Waals surface area (Å²) < 4.78 is 7.04. The van der Waals surface area contributed by atoms with Crippen molar-refractivity contribution in [2.75, 3.05) is 33.2 Å². The van der Waals surface area contributed by atoms with Crippen LogP contribution in [0.5, 0.6) is 5.75 Å². The number of carbonyl (C=O) groups is 1. The lowest BCUT2D eigenvalue weighted by molar-refractivity contribution is 0.0827. The first-order valence-corrected chi connectivity index (χ1v) is 9.84. The number of rotatable bonds is 5. The van der Waals surface area contributed by atoms with E-state index in [1.54, 1.807) is 32.3 Å². The quantitative estimate of drug-likeness (QED) is 0.502. The maximum Gasteiger partial charge on any atom is 0.253 e. The Morgan fingerprint density at radius 1 is 1.10 bits per heavy atom. The molecule has 0 unspecified atom stereocenters. The summed E-state index contributed by atoms with van der Waals surface area (Å²) in [6.07, 6.45) is 1.79. The minimum absolute atomic E-state index is 0.0363. The van der Waals surface area contributed by atoms with E-state index in [4.69, 9.17) is 9.84 Å². The standard InChI is InChI=1S/C21H21N5O2S/c1-24(2)19(27)15-7-5-6-14(12-15)18-13-22-20-26(18)23-21(29-20)25(3)16-8-10-17(28-4)11-9-16/h5-13H,1-4H3. The third-order valence-electron chi connectivity index (χ3n) is 4.63. The summed E-state index contributed by atoms with van der Waals surface area (Å²) in [6.45, 7) is 0. The van der Waals surface area contributed by atoms with E-state index in [1.807, 2.05) is 65.0 Å². The Bertz CT molecular complexity index is 1160. The summed E-state index contributed by atoms with van der Waals surface area (Å²) in [5.41, 5.74) is 3.38. The van der Waals surface area contributed by atoms with Crippen LogP contribution < -0.4 is 9.64 Å². The van der Waals surface area contributed by atoms with E-state index in [-0.39, 0.29) is 5.91 Å². The zero-order valence-corrected chi connectivity index (χ0v) is 17.5. The number of benzene rings is 2. The Kier molecular flexibility index (Phi) is 4.94. The largest absolute Gasteiger partial charge is 0.497 e. The number of imidazole rings is 1. The van der Waals surface area contributed by atoms with Gasteiger partial charge in [-0.1, -0.05) is 23.5 Å². The fourth-order valence-electron chi connectivity index (χ4n) is 3.00. The third kappa shape index (κ3) is 3.54. The lowest BCUT2D eigenvalue weighted by Crippen LogP contribution is -2.21. The van der Waals surface area contributed by atoms with Crippen molar-refractivity contribution in [2.24, 2.45) is 0 Å². The molecule has 4 rings (SSSR count). The summed E-state index contributed by atoms with van der Waals surface area (Å²) >= 11 is 1.50. The lowest BCUT2D eigenvalue weighted by Gasteiger charge is -2.15. The van der Waals surface area contributed by atoms with Crippen LogP contribution in [0.2, 0.25) is 0 Å². The summed E-state index contributed by atoms with van der Waals surface area (Å²) in [4.78, 5) is 21.2. The van der Waals surface area contributed by atoms with Gasteiger partial charge in [0.1, 0.15) is 5.75 Å². The molecule has 2 aromatic heterocycles. The number of carbonyl (C=O) groups excluding carboxylic acids is 1. The molecule has 0 aliphatic heterocycles. The molecular weight excluding hydrogens is 386 g/mol. The highest BCUT2D eigenvalue weighted by Crippen LogP contribution is 2.32. The molecule has 0 atom stereocenters. The average Bonchev–Trinajstić information content (AvgIpc) is 3.33. The summed E-state index contributed by atoms with van der Waals surface area (Å²) in [7, 11) is 7.11. The number of fused-ring (bicyclic) bond motifs is 1. The van der Waals surface area contributed by atoms with Crippen LogP contribution in [-0.4, -0.2) is 53.7 Å². The summed E-state index contributed by atoms with van der Waals surface area (Å²) in [5.74, 6) is 0.774. The van der Waals surface area contributed by atoms with Gasteiger partial charge >= 0.3 is 0 Å². The highest BCUT2D eigenvalue weighted by Gasteiger charge is 2.16. The molecule has 2 aromatic carbocycles. The Morgan fingerprint density at radius 3 is 2.55 bits per heavy atom. The van der Waals surface area contributed by atoms with Gasteiger partial charge in [0.15, 0.2) is 0 Å². The van der Waals surface area contributed by atoms with Gasteiger partial charge in [0.25, 0.3) is 5.91 Å². The molecule has 4 aromatic rings. The Balaban J connectivity index is 1.69. The van der Waals surface area contributed by atoms with Gasteiger partial charge < -0.3 is 14.5 Å². The van der Waals surface area contributed by atoms with Crippen LogP contribution in [-0.2, 0) is 0 Å². The third-order valence-corrected chi connectivity index (χ3v) is 5.63. The summed E-state index contributed by atoms with van der Waals surface area (Å²) in [6, 6.07) is 15.3. The Morgan fingerprint density at radius 2 is 1.86 bits per heavy atom. The number of anilines is 2. The van der Waals surface area contributed by atoms with Gasteiger partial charge in [-0.15, -0.1) is 5.10 Å². The molecule has 0 N–H and O–H groups in total. The van der Waals surface area contributed by atoms with E-state index < -0.39 is 0 Å². The molecule has 0 fully saturated rings. The van der Waals surface area contributed by atoms with E-state index in [0.29, 0.717) is 5.56 Å². The van der Waals surface area contributed by atoms with Gasteiger partial charge in [-0.25, -0.2) is 9.50 Å². The van der Waals surface area contributed by atoms with Crippen molar-refractivity contribution in [1.29, 1.82) is 0 Å². The number of ether oxygens (including phenoxy) is 1. The second-order valence-electron chi connectivity index (χ2n) is 6.76. The zero-order chi connectivity index (χ0) is 20.5. The fourth-order valence-corrected chi connectivity index (χ4v) is 3.86. The highest BCUT2D eigenvalue weighted by atomic mass is 32.1. The molecule has 0 bridgehead atoms. The molecule has 0 spiro atoms. The van der Waals surface area contributed by atoms with Crippen LogP contribution in [0.25, 0.3) is 16.2 Å². The molecule has 2 heterocycles. The van der Waals surface area contributed by atoms with E-state index in [1.165, 1.54) is 11.3 Å². The highest BCUT2D eigenvalue weighted by molar-refractivity contribution is 7.20. The van der Waals surface area contributed by atoms with Crippen molar-refractivity contribution in [2.45, 2.75) is 0 Å². The first-order chi connectivity index (χ1) is 14.0. The van der Waals surface area contributed by atoms with Crippen molar-refractivity contribution in [1.82, 2.24) is 19.5 Å². The van der Waals surface area contributed by atoms with Crippen molar-refractivity contribution in [3.63, 3.8) is 0 Å². The van der Waals surface area contributed by atoms with E-state index in [9.17, 15) is 4.79 Å². The van der Waals surface area contributed by atoms with Gasteiger partial charge in [0.2, 0.25) is 10.1 Å². The fraction of sp³-hybridized carbons (Fsp3) is 0.190. The predicted octanol–water partition coefficient (Wildman–Crippen LogP) is 3.94. The van der Waals surface area contributed by atoms with Gasteiger partial charge in [-0.2, -0.15) is 0 Å². The monoisotopic (exact) mass is 407 g/mol. The van der Waals surface area contributed by atoms with Crippen molar-refractivity contribution in [3.05, 3.63) is 60.3 Å². The van der Waals surface area contributed by atoms with E-state index in [2.05, 4.69) is 4.98 Å². The molecule has 148 valence electrons. The van der Waals surface area contributed by atoms with Crippen molar-refractivity contribution < 1.29 is 9.53 Å². The van der Waals surface area contributed by atoms with Crippen LogP contribution in [0.15, 0.2) is 54.7 Å². The van der Waals surface area contributed by atoms with Gasteiger partial charge in [0, 0.05) is 38.0 Å². The Labute approximate surface area is 172 Å². The first kappa shape index (κ1) is 18.9. The van der Waals surface area contributed by atoms with Gasteiger partial charge in [-0.05, 0) is 36.4 Å². The Hall–Kier alpha value is -3.39. The maximum absolute atomic E-state index is 12.3. The predicted molar refractivity (Wildman–Crippen MR) is 115 cm³/mol. The number of methoxy groups -OCH3 is 1. The number of amides is 1. The second-order valence-corrected chi connectivity index (χ2v) is 7.69. The normalized spacial score (nSPS) is 10.9. The minimum Gasteiger partial charge on any atom is -0.497 e. The zero-order valence-electron chi connectivity index (χ0n) is 16.7. The van der Waals surface area contributed by atoms with Gasteiger partial charge in [0.05, 0.1) is 19.0 Å². The van der Waals surface area contributed by atoms with Crippen molar-refractivity contribution in [3.8, 4) is 17.0 Å². The SMILES string of the molecule is COc1ccc(N(C)c2nn3c(-c4cccc(C(=O)N(C)C)c4)cnc3s2)cc1. The minimum atomic E-state index is -0.0363. The van der Waals surface area contributed by atoms with Crippen LogP contribution >= 0.6 is 11.3 Å². The lowest BCUT2D eigenvalue weighted by atomic mass is 10.1. The van der Waals surface area contributed by atoms with Gasteiger partial charge in [-0.3, -0.25) is 4.79 Å². The maximum atomic E-state index is 12.3. The molecule has 0 aliphatic carbocycles.